The van der Waals surface area contributed by atoms with Crippen molar-refractivity contribution in [2.75, 3.05) is 6.54 Å². The molecule has 0 fully saturated rings. The molecule has 0 saturated carbocycles. The maximum absolute atomic E-state index is 10.7. The normalized spacial score (nSPS) is 12.2. The Morgan fingerprint density at radius 2 is 2.09 bits per heavy atom. The summed E-state index contributed by atoms with van der Waals surface area (Å²) < 4.78 is 0. The standard InChI is InChI=1S/C6H13N3O2/c1-4(7)3-9-6(11)2-5(8)10/h4H,2-3,7H2,1H3,(H2,8,10)(H,9,11). The van der Waals surface area contributed by atoms with Crippen molar-refractivity contribution in [3.63, 3.8) is 0 Å². The third-order valence-corrected chi connectivity index (χ3v) is 0.956. The molecule has 5 heteroatoms. The molecule has 0 aliphatic carbocycles. The van der Waals surface area contributed by atoms with E-state index in [0.717, 1.165) is 0 Å². The lowest BCUT2D eigenvalue weighted by Gasteiger charge is -2.05. The minimum Gasteiger partial charge on any atom is -0.369 e. The highest BCUT2D eigenvalue weighted by Crippen LogP contribution is 1.77. The molecule has 0 spiro atoms. The Balaban J connectivity index is 3.46. The molecule has 0 aromatic heterocycles. The molecule has 5 nitrogen and oxygen atoms in total. The SMILES string of the molecule is CC(N)CNC(=O)CC(N)=O. The van der Waals surface area contributed by atoms with Crippen LogP contribution in [0.25, 0.3) is 0 Å². The fourth-order valence-electron chi connectivity index (χ4n) is 0.496. The lowest BCUT2D eigenvalue weighted by Crippen LogP contribution is -2.36. The molecule has 64 valence electrons. The summed E-state index contributed by atoms with van der Waals surface area (Å²) in [5.74, 6) is -1.01. The predicted molar refractivity (Wildman–Crippen MR) is 40.5 cm³/mol. The molecule has 0 rings (SSSR count). The highest BCUT2D eigenvalue weighted by Gasteiger charge is 2.04. The molecule has 0 saturated heterocycles. The van der Waals surface area contributed by atoms with Gasteiger partial charge in [-0.3, -0.25) is 9.59 Å². The van der Waals surface area contributed by atoms with Crippen molar-refractivity contribution < 1.29 is 9.59 Å². The molecular weight excluding hydrogens is 146 g/mol. The minimum absolute atomic E-state index is 0.105. The van der Waals surface area contributed by atoms with Crippen LogP contribution >= 0.6 is 0 Å². The van der Waals surface area contributed by atoms with E-state index in [1.54, 1.807) is 6.92 Å². The average molecular weight is 159 g/mol. The van der Waals surface area contributed by atoms with Gasteiger partial charge in [0, 0.05) is 12.6 Å². The van der Waals surface area contributed by atoms with Gasteiger partial charge in [0.25, 0.3) is 0 Å². The molecular formula is C6H13N3O2. The summed E-state index contributed by atoms with van der Waals surface area (Å²) in [4.78, 5) is 20.9. The second-order valence-electron chi connectivity index (χ2n) is 2.42. The van der Waals surface area contributed by atoms with Crippen molar-refractivity contribution in [1.82, 2.24) is 5.32 Å². The molecule has 0 aromatic rings. The van der Waals surface area contributed by atoms with Crippen LogP contribution in [-0.2, 0) is 9.59 Å². The second kappa shape index (κ2) is 4.68. The molecule has 11 heavy (non-hydrogen) atoms. The molecule has 0 aromatic carbocycles. The van der Waals surface area contributed by atoms with Crippen LogP contribution in [0.4, 0.5) is 0 Å². The first-order valence-corrected chi connectivity index (χ1v) is 3.33. The van der Waals surface area contributed by atoms with Gasteiger partial charge in [0.15, 0.2) is 0 Å². The first-order valence-electron chi connectivity index (χ1n) is 3.33. The molecule has 0 radical (unpaired) electrons. The highest BCUT2D eigenvalue weighted by atomic mass is 16.2. The van der Waals surface area contributed by atoms with Gasteiger partial charge in [0.1, 0.15) is 6.42 Å². The van der Waals surface area contributed by atoms with Gasteiger partial charge in [-0.1, -0.05) is 0 Å². The average Bonchev–Trinajstić information content (AvgIpc) is 1.82. The fraction of sp³-hybridized carbons (Fsp3) is 0.667. The van der Waals surface area contributed by atoms with E-state index in [2.05, 4.69) is 5.32 Å². The van der Waals surface area contributed by atoms with E-state index in [9.17, 15) is 9.59 Å². The lowest BCUT2D eigenvalue weighted by molar-refractivity contribution is -0.127. The predicted octanol–water partition coefficient (Wildman–Crippen LogP) is -1.67. The summed E-state index contributed by atoms with van der Waals surface area (Å²) in [5, 5.41) is 2.45. The minimum atomic E-state index is -0.632. The number of nitrogens with one attached hydrogen (secondary N) is 1. The van der Waals surface area contributed by atoms with Gasteiger partial charge >= 0.3 is 0 Å². The highest BCUT2D eigenvalue weighted by molar-refractivity contribution is 5.95. The van der Waals surface area contributed by atoms with Crippen molar-refractivity contribution in [3.05, 3.63) is 0 Å². The zero-order chi connectivity index (χ0) is 8.85. The number of primary amides is 1. The smallest absolute Gasteiger partial charge is 0.229 e. The van der Waals surface area contributed by atoms with E-state index in [0.29, 0.717) is 6.54 Å². The van der Waals surface area contributed by atoms with Gasteiger partial charge in [-0.05, 0) is 6.92 Å². The first-order chi connectivity index (χ1) is 5.02. The van der Waals surface area contributed by atoms with Crippen molar-refractivity contribution in [2.24, 2.45) is 11.5 Å². The van der Waals surface area contributed by atoms with E-state index in [1.807, 2.05) is 0 Å². The Kier molecular flexibility index (Phi) is 4.21. The van der Waals surface area contributed by atoms with Crippen LogP contribution < -0.4 is 16.8 Å². The number of nitrogens with two attached hydrogens (primary N) is 2. The zero-order valence-electron chi connectivity index (χ0n) is 6.46. The van der Waals surface area contributed by atoms with Gasteiger partial charge in [0.2, 0.25) is 11.8 Å². The molecule has 5 N–H and O–H groups in total. The van der Waals surface area contributed by atoms with Gasteiger partial charge in [-0.15, -0.1) is 0 Å². The molecule has 0 heterocycles. The van der Waals surface area contributed by atoms with Gasteiger partial charge in [-0.2, -0.15) is 0 Å². The van der Waals surface area contributed by atoms with Crippen molar-refractivity contribution in [2.45, 2.75) is 19.4 Å². The summed E-state index contributed by atoms with van der Waals surface area (Å²) in [6.45, 7) is 2.12. The molecule has 0 aliphatic heterocycles. The van der Waals surface area contributed by atoms with Crippen molar-refractivity contribution in [3.8, 4) is 0 Å². The second-order valence-corrected chi connectivity index (χ2v) is 2.42. The van der Waals surface area contributed by atoms with E-state index < -0.39 is 5.91 Å². The summed E-state index contributed by atoms with van der Waals surface area (Å²) >= 11 is 0. The number of hydrogen-bond acceptors (Lipinski definition) is 3. The Bertz CT molecular complexity index is 156. The topological polar surface area (TPSA) is 98.2 Å². The Morgan fingerprint density at radius 3 is 2.45 bits per heavy atom. The molecule has 1 unspecified atom stereocenters. The van der Waals surface area contributed by atoms with Crippen molar-refractivity contribution >= 4 is 11.8 Å². The quantitative estimate of drug-likeness (QED) is 0.427. The third-order valence-electron chi connectivity index (χ3n) is 0.956. The van der Waals surface area contributed by atoms with E-state index in [1.165, 1.54) is 0 Å². The van der Waals surface area contributed by atoms with E-state index in [-0.39, 0.29) is 18.4 Å². The van der Waals surface area contributed by atoms with Crippen LogP contribution in [0.5, 0.6) is 0 Å². The van der Waals surface area contributed by atoms with Gasteiger partial charge in [-0.25, -0.2) is 0 Å². The van der Waals surface area contributed by atoms with Crippen molar-refractivity contribution in [1.29, 1.82) is 0 Å². The summed E-state index contributed by atoms with van der Waals surface area (Å²) in [5.41, 5.74) is 10.1. The molecule has 1 atom stereocenters. The third kappa shape index (κ3) is 6.79. The summed E-state index contributed by atoms with van der Waals surface area (Å²) in [7, 11) is 0. The number of hydrogen-bond donors (Lipinski definition) is 3. The maximum Gasteiger partial charge on any atom is 0.229 e. The van der Waals surface area contributed by atoms with Crippen LogP contribution in [0.15, 0.2) is 0 Å². The number of amides is 2. The fourth-order valence-corrected chi connectivity index (χ4v) is 0.496. The first kappa shape index (κ1) is 9.90. The molecule has 0 aliphatic rings. The van der Waals surface area contributed by atoms with Crippen LogP contribution in [0.3, 0.4) is 0 Å². The van der Waals surface area contributed by atoms with Crippen LogP contribution in [-0.4, -0.2) is 24.4 Å². The molecule has 2 amide bonds. The van der Waals surface area contributed by atoms with Gasteiger partial charge < -0.3 is 16.8 Å². The maximum atomic E-state index is 10.7. The van der Waals surface area contributed by atoms with Crippen LogP contribution in [0.2, 0.25) is 0 Å². The zero-order valence-corrected chi connectivity index (χ0v) is 6.46. The largest absolute Gasteiger partial charge is 0.369 e. The monoisotopic (exact) mass is 159 g/mol. The Morgan fingerprint density at radius 1 is 1.55 bits per heavy atom. The molecule has 0 bridgehead atoms. The summed E-state index contributed by atoms with van der Waals surface area (Å²) in [6, 6.07) is -0.105. The van der Waals surface area contributed by atoms with E-state index in [4.69, 9.17) is 11.5 Å². The summed E-state index contributed by atoms with van der Waals surface area (Å²) in [6.07, 6.45) is -0.271. The van der Waals surface area contributed by atoms with Crippen LogP contribution in [0.1, 0.15) is 13.3 Å². The lowest BCUT2D eigenvalue weighted by atomic mass is 10.3. The van der Waals surface area contributed by atoms with Gasteiger partial charge in [0.05, 0.1) is 0 Å². The Labute approximate surface area is 65.1 Å². The number of carbonyl (C=O) groups excluding carboxylic acids is 2. The van der Waals surface area contributed by atoms with E-state index >= 15 is 0 Å². The number of rotatable bonds is 4. The van der Waals surface area contributed by atoms with Crippen LogP contribution in [0, 0.1) is 0 Å². The number of carbonyl (C=O) groups is 2. The Hall–Kier alpha value is -1.10.